The van der Waals surface area contributed by atoms with Crippen LogP contribution in [0.4, 0.5) is 17.1 Å². The van der Waals surface area contributed by atoms with Crippen LogP contribution in [0.25, 0.3) is 0 Å². The van der Waals surface area contributed by atoms with E-state index >= 15 is 0 Å². The molecule has 41 heavy (non-hydrogen) atoms. The molecule has 5 nitrogen and oxygen atoms in total. The van der Waals surface area contributed by atoms with E-state index in [0.717, 1.165) is 33.6 Å². The van der Waals surface area contributed by atoms with Crippen LogP contribution in [0.5, 0.6) is 0 Å². The fraction of sp³-hybridized carbons (Fsp3) is 0.353. The number of hydrogen-bond acceptors (Lipinski definition) is 5. The third kappa shape index (κ3) is 5.56. The Bertz CT molecular complexity index is 1400. The predicted octanol–water partition coefficient (Wildman–Crippen LogP) is 5.74. The van der Waals surface area contributed by atoms with Gasteiger partial charge in [0.25, 0.3) is 0 Å². The van der Waals surface area contributed by atoms with Crippen LogP contribution in [0.3, 0.4) is 0 Å². The van der Waals surface area contributed by atoms with Crippen molar-refractivity contribution in [1.29, 1.82) is 0 Å². The number of terminal acetylenes is 1. The zero-order valence-corrected chi connectivity index (χ0v) is 25.2. The molecule has 3 aromatic carbocycles. The molecule has 0 saturated carbocycles. The Hall–Kier alpha value is -3.45. The van der Waals surface area contributed by atoms with Gasteiger partial charge in [-0.15, -0.1) is 6.42 Å². The topological polar surface area (TPSA) is 40.2 Å². The van der Waals surface area contributed by atoms with Crippen molar-refractivity contribution in [3.8, 4) is 24.2 Å². The first-order valence-electron chi connectivity index (χ1n) is 14.0. The summed E-state index contributed by atoms with van der Waals surface area (Å²) in [5.41, 5.74) is 4.20. The van der Waals surface area contributed by atoms with Gasteiger partial charge >= 0.3 is 14.2 Å². The Morgan fingerprint density at radius 3 is 1.17 bits per heavy atom. The van der Waals surface area contributed by atoms with Crippen LogP contribution >= 0.6 is 0 Å². The van der Waals surface area contributed by atoms with Gasteiger partial charge in [-0.3, -0.25) is 0 Å². The fourth-order valence-corrected chi connectivity index (χ4v) is 4.77. The van der Waals surface area contributed by atoms with E-state index in [1.165, 1.54) is 0 Å². The minimum atomic E-state index is -0.421. The highest BCUT2D eigenvalue weighted by Gasteiger charge is 2.52. The molecule has 5 rings (SSSR count). The first-order chi connectivity index (χ1) is 19.2. The lowest BCUT2D eigenvalue weighted by atomic mass is 9.79. The first-order valence-corrected chi connectivity index (χ1v) is 14.0. The maximum Gasteiger partial charge on any atom is 0.494 e. The van der Waals surface area contributed by atoms with Crippen molar-refractivity contribution in [2.45, 2.75) is 77.8 Å². The minimum Gasteiger partial charge on any atom is -0.399 e. The molecular formula is C34H37B2NO4. The Balaban J connectivity index is 1.47. The Morgan fingerprint density at radius 2 is 0.854 bits per heavy atom. The Labute approximate surface area is 245 Å². The molecule has 0 unspecified atom stereocenters. The van der Waals surface area contributed by atoms with Gasteiger partial charge in [-0.25, -0.2) is 0 Å². The van der Waals surface area contributed by atoms with E-state index in [9.17, 15) is 0 Å². The zero-order valence-electron chi connectivity index (χ0n) is 25.2. The van der Waals surface area contributed by atoms with Gasteiger partial charge in [-0.2, -0.15) is 0 Å². The summed E-state index contributed by atoms with van der Waals surface area (Å²) in [6.07, 6.45) is 5.31. The van der Waals surface area contributed by atoms with Gasteiger partial charge in [-0.05, 0) is 127 Å². The van der Waals surface area contributed by atoms with Crippen molar-refractivity contribution in [3.05, 3.63) is 78.4 Å². The molecule has 3 aromatic rings. The number of anilines is 3. The maximum atomic E-state index is 6.27. The van der Waals surface area contributed by atoms with Crippen LogP contribution in [-0.2, 0) is 18.6 Å². The number of nitrogens with zero attached hydrogens (tertiary/aromatic N) is 1. The van der Waals surface area contributed by atoms with Crippen molar-refractivity contribution < 1.29 is 18.6 Å². The van der Waals surface area contributed by atoms with Crippen molar-refractivity contribution in [3.63, 3.8) is 0 Å². The molecular weight excluding hydrogens is 508 g/mol. The molecule has 2 fully saturated rings. The van der Waals surface area contributed by atoms with Crippen LogP contribution in [-0.4, -0.2) is 36.6 Å². The van der Waals surface area contributed by atoms with Crippen LogP contribution < -0.4 is 15.8 Å². The lowest BCUT2D eigenvalue weighted by Gasteiger charge is -2.32. The molecule has 0 atom stereocenters. The summed E-state index contributed by atoms with van der Waals surface area (Å²) in [6.45, 7) is 16.5. The summed E-state index contributed by atoms with van der Waals surface area (Å²) in [5.74, 6) is 8.04. The molecule has 2 saturated heterocycles. The summed E-state index contributed by atoms with van der Waals surface area (Å²) in [4.78, 5) is 2.19. The van der Waals surface area contributed by atoms with Crippen LogP contribution in [0.1, 0.15) is 61.0 Å². The average molecular weight is 545 g/mol. The van der Waals surface area contributed by atoms with E-state index in [1.54, 1.807) is 0 Å². The first kappa shape index (κ1) is 29.1. The summed E-state index contributed by atoms with van der Waals surface area (Å²) < 4.78 is 25.1. The molecule has 2 aliphatic heterocycles. The second-order valence-electron chi connectivity index (χ2n) is 12.6. The number of rotatable bonds is 5. The smallest absolute Gasteiger partial charge is 0.399 e. The Kier molecular flexibility index (Phi) is 7.39. The van der Waals surface area contributed by atoms with E-state index in [0.29, 0.717) is 0 Å². The lowest BCUT2D eigenvalue weighted by molar-refractivity contribution is 0.00578. The van der Waals surface area contributed by atoms with E-state index < -0.39 is 36.6 Å². The monoisotopic (exact) mass is 545 g/mol. The highest BCUT2D eigenvalue weighted by Crippen LogP contribution is 2.39. The van der Waals surface area contributed by atoms with Gasteiger partial charge in [-0.1, -0.05) is 30.2 Å². The maximum absolute atomic E-state index is 6.27. The highest BCUT2D eigenvalue weighted by molar-refractivity contribution is 6.62. The summed E-state index contributed by atoms with van der Waals surface area (Å²) in [6, 6.07) is 24.7. The van der Waals surface area contributed by atoms with Gasteiger partial charge in [0, 0.05) is 22.6 Å². The molecule has 2 heterocycles. The number of hydrogen-bond donors (Lipinski definition) is 0. The van der Waals surface area contributed by atoms with Gasteiger partial charge in [0.15, 0.2) is 0 Å². The van der Waals surface area contributed by atoms with Gasteiger partial charge < -0.3 is 23.5 Å². The predicted molar refractivity (Wildman–Crippen MR) is 168 cm³/mol. The van der Waals surface area contributed by atoms with E-state index in [4.69, 9.17) is 25.0 Å². The second kappa shape index (κ2) is 10.4. The Morgan fingerprint density at radius 1 is 0.537 bits per heavy atom. The van der Waals surface area contributed by atoms with Crippen LogP contribution in [0.2, 0.25) is 0 Å². The SMILES string of the molecule is C#CC#Cc1ccc(N(c2ccc(B3OC(C)(C)C(C)(C)O3)cc2)c2ccc(B3OC(C)(C)C(C)(C)O3)cc2)cc1. The minimum absolute atomic E-state index is 0.397. The van der Waals surface area contributed by atoms with Gasteiger partial charge in [0.2, 0.25) is 0 Å². The summed E-state index contributed by atoms with van der Waals surface area (Å²) in [5, 5.41) is 0. The van der Waals surface area contributed by atoms with E-state index in [2.05, 4.69) is 127 Å². The third-order valence-electron chi connectivity index (χ3n) is 8.76. The molecule has 0 radical (unpaired) electrons. The molecule has 0 aromatic heterocycles. The molecule has 0 aliphatic carbocycles. The highest BCUT2D eigenvalue weighted by atomic mass is 16.7. The van der Waals surface area contributed by atoms with Gasteiger partial charge in [0.05, 0.1) is 22.4 Å². The zero-order chi connectivity index (χ0) is 29.6. The molecule has 208 valence electrons. The summed E-state index contributed by atoms with van der Waals surface area (Å²) in [7, 11) is -0.841. The van der Waals surface area contributed by atoms with E-state index in [1.807, 2.05) is 24.3 Å². The molecule has 0 spiro atoms. The molecule has 2 aliphatic rings. The van der Waals surface area contributed by atoms with Crippen LogP contribution in [0, 0.1) is 24.2 Å². The molecule has 0 N–H and O–H groups in total. The summed E-state index contributed by atoms with van der Waals surface area (Å²) >= 11 is 0. The average Bonchev–Trinajstić information content (AvgIpc) is 3.28. The van der Waals surface area contributed by atoms with E-state index in [-0.39, 0.29) is 0 Å². The molecule has 7 heteroatoms. The van der Waals surface area contributed by atoms with Crippen molar-refractivity contribution in [1.82, 2.24) is 0 Å². The normalized spacial score (nSPS) is 19.8. The second-order valence-corrected chi connectivity index (χ2v) is 12.6. The molecule has 0 bridgehead atoms. The largest absolute Gasteiger partial charge is 0.494 e. The third-order valence-corrected chi connectivity index (χ3v) is 8.76. The van der Waals surface area contributed by atoms with Gasteiger partial charge in [0.1, 0.15) is 0 Å². The lowest BCUT2D eigenvalue weighted by Crippen LogP contribution is -2.41. The fourth-order valence-electron chi connectivity index (χ4n) is 4.77. The van der Waals surface area contributed by atoms with Crippen molar-refractivity contribution in [2.24, 2.45) is 0 Å². The molecule has 0 amide bonds. The van der Waals surface area contributed by atoms with Crippen molar-refractivity contribution >= 4 is 42.2 Å². The number of benzene rings is 3. The quantitative estimate of drug-likeness (QED) is 0.302. The standard InChI is InChI=1S/C34H37B2NO4/c1-10-11-12-25-13-19-28(20-14-25)37(29-21-15-26(16-22-29)35-38-31(2,3)32(4,5)39-35)30-23-17-27(18-24-30)36-40-33(6,7)34(8,9)41-36/h1,13-24H,2-9H3. The van der Waals surface area contributed by atoms with Crippen LogP contribution in [0.15, 0.2) is 72.8 Å². The van der Waals surface area contributed by atoms with Crippen molar-refractivity contribution in [2.75, 3.05) is 4.90 Å².